The van der Waals surface area contributed by atoms with Gasteiger partial charge in [-0.3, -0.25) is 9.59 Å². The summed E-state index contributed by atoms with van der Waals surface area (Å²) in [7, 11) is 1.57. The zero-order chi connectivity index (χ0) is 15.4. The van der Waals surface area contributed by atoms with Crippen molar-refractivity contribution in [3.05, 3.63) is 58.1 Å². The second-order valence-corrected chi connectivity index (χ2v) is 5.20. The van der Waals surface area contributed by atoms with Crippen molar-refractivity contribution in [2.75, 3.05) is 18.1 Å². The molecule has 0 aliphatic carbocycles. The Balaban J connectivity index is 2.12. The molecule has 0 fully saturated rings. The molecule has 6 heteroatoms. The first kappa shape index (κ1) is 15.1. The molecule has 0 saturated carbocycles. The normalized spacial score (nSPS) is 10.0. The van der Waals surface area contributed by atoms with Crippen molar-refractivity contribution >= 4 is 39.1 Å². The van der Waals surface area contributed by atoms with Crippen molar-refractivity contribution in [2.24, 2.45) is 0 Å². The van der Waals surface area contributed by atoms with E-state index in [1.165, 1.54) is 0 Å². The Hall–Kier alpha value is -2.34. The predicted octanol–water partition coefficient (Wildman–Crippen LogP) is 2.64. The minimum Gasteiger partial charge on any atom is -0.398 e. The first-order valence-corrected chi connectivity index (χ1v) is 6.99. The molecule has 0 unspecified atom stereocenters. The van der Waals surface area contributed by atoms with Gasteiger partial charge >= 0.3 is 0 Å². The van der Waals surface area contributed by atoms with E-state index in [4.69, 9.17) is 5.73 Å². The molecule has 108 valence electrons. The number of nitrogens with one attached hydrogen (secondary N) is 2. The topological polar surface area (TPSA) is 84.2 Å². The van der Waals surface area contributed by atoms with E-state index in [-0.39, 0.29) is 11.8 Å². The van der Waals surface area contributed by atoms with Crippen LogP contribution in [0.25, 0.3) is 0 Å². The highest BCUT2D eigenvalue weighted by Gasteiger charge is 2.09. The van der Waals surface area contributed by atoms with Crippen LogP contribution in [-0.2, 0) is 0 Å². The monoisotopic (exact) mass is 347 g/mol. The number of hydrogen-bond acceptors (Lipinski definition) is 3. The number of anilines is 2. The van der Waals surface area contributed by atoms with Crippen LogP contribution in [0.4, 0.5) is 11.4 Å². The summed E-state index contributed by atoms with van der Waals surface area (Å²) in [4.78, 5) is 23.5. The summed E-state index contributed by atoms with van der Waals surface area (Å²) in [6.07, 6.45) is 0. The van der Waals surface area contributed by atoms with Gasteiger partial charge in [-0.2, -0.15) is 0 Å². The van der Waals surface area contributed by atoms with Crippen molar-refractivity contribution in [2.45, 2.75) is 0 Å². The molecule has 0 atom stereocenters. The third kappa shape index (κ3) is 3.61. The van der Waals surface area contributed by atoms with Crippen molar-refractivity contribution in [3.63, 3.8) is 0 Å². The van der Waals surface area contributed by atoms with Gasteiger partial charge in [-0.05, 0) is 58.4 Å². The van der Waals surface area contributed by atoms with E-state index in [9.17, 15) is 9.59 Å². The SMILES string of the molecule is CNC(=O)c1ccc(NC(=O)c2ccc(N)c(Br)c2)cc1. The summed E-state index contributed by atoms with van der Waals surface area (Å²) in [5.41, 5.74) is 7.89. The highest BCUT2D eigenvalue weighted by atomic mass is 79.9. The van der Waals surface area contributed by atoms with Crippen LogP contribution in [0.1, 0.15) is 20.7 Å². The fraction of sp³-hybridized carbons (Fsp3) is 0.0667. The summed E-state index contributed by atoms with van der Waals surface area (Å²) >= 11 is 3.28. The van der Waals surface area contributed by atoms with Crippen LogP contribution >= 0.6 is 15.9 Å². The van der Waals surface area contributed by atoms with Crippen LogP contribution in [0.2, 0.25) is 0 Å². The second kappa shape index (κ2) is 6.41. The summed E-state index contributed by atoms with van der Waals surface area (Å²) in [5, 5.41) is 5.29. The molecule has 0 heterocycles. The number of benzene rings is 2. The number of carbonyl (C=O) groups excluding carboxylic acids is 2. The first-order chi connectivity index (χ1) is 10.0. The highest BCUT2D eigenvalue weighted by molar-refractivity contribution is 9.10. The minimum absolute atomic E-state index is 0.171. The largest absolute Gasteiger partial charge is 0.398 e. The molecule has 2 aromatic rings. The van der Waals surface area contributed by atoms with Crippen molar-refractivity contribution in [3.8, 4) is 0 Å². The first-order valence-electron chi connectivity index (χ1n) is 6.20. The number of hydrogen-bond donors (Lipinski definition) is 3. The molecule has 2 rings (SSSR count). The quantitative estimate of drug-likeness (QED) is 0.746. The average molecular weight is 348 g/mol. The van der Waals surface area contributed by atoms with Crippen LogP contribution in [0.15, 0.2) is 46.9 Å². The number of nitrogen functional groups attached to an aromatic ring is 1. The lowest BCUT2D eigenvalue weighted by Gasteiger charge is -2.07. The van der Waals surface area contributed by atoms with Crippen molar-refractivity contribution in [1.29, 1.82) is 0 Å². The van der Waals surface area contributed by atoms with Crippen LogP contribution in [-0.4, -0.2) is 18.9 Å². The summed E-state index contributed by atoms with van der Waals surface area (Å²) in [6, 6.07) is 11.6. The Labute approximate surface area is 130 Å². The third-order valence-corrected chi connectivity index (χ3v) is 3.58. The van der Waals surface area contributed by atoms with Gasteiger partial charge in [-0.25, -0.2) is 0 Å². The zero-order valence-corrected chi connectivity index (χ0v) is 12.9. The zero-order valence-electron chi connectivity index (χ0n) is 11.3. The molecular weight excluding hydrogens is 334 g/mol. The van der Waals surface area contributed by atoms with Gasteiger partial charge in [0.2, 0.25) is 0 Å². The average Bonchev–Trinajstić information content (AvgIpc) is 2.50. The Morgan fingerprint density at radius 1 is 1.00 bits per heavy atom. The lowest BCUT2D eigenvalue weighted by Crippen LogP contribution is -2.17. The number of rotatable bonds is 3. The van der Waals surface area contributed by atoms with Gasteiger partial charge in [0.25, 0.3) is 11.8 Å². The standard InChI is InChI=1S/C15H14BrN3O2/c1-18-14(20)9-2-5-11(6-3-9)19-15(21)10-4-7-13(17)12(16)8-10/h2-8H,17H2,1H3,(H,18,20)(H,19,21). The molecule has 21 heavy (non-hydrogen) atoms. The number of carbonyl (C=O) groups is 2. The van der Waals surface area contributed by atoms with E-state index in [2.05, 4.69) is 26.6 Å². The van der Waals surface area contributed by atoms with E-state index in [1.54, 1.807) is 49.5 Å². The summed E-state index contributed by atoms with van der Waals surface area (Å²) in [6.45, 7) is 0. The second-order valence-electron chi connectivity index (χ2n) is 4.35. The molecule has 2 amide bonds. The van der Waals surface area contributed by atoms with Crippen LogP contribution in [0.5, 0.6) is 0 Å². The maximum absolute atomic E-state index is 12.1. The van der Waals surface area contributed by atoms with E-state index in [0.717, 1.165) is 0 Å². The minimum atomic E-state index is -0.247. The number of amides is 2. The van der Waals surface area contributed by atoms with Crippen LogP contribution in [0.3, 0.4) is 0 Å². The van der Waals surface area contributed by atoms with E-state index >= 15 is 0 Å². The third-order valence-electron chi connectivity index (χ3n) is 2.89. The van der Waals surface area contributed by atoms with Gasteiger partial charge in [0.1, 0.15) is 0 Å². The fourth-order valence-electron chi connectivity index (χ4n) is 1.72. The van der Waals surface area contributed by atoms with Gasteiger partial charge in [-0.1, -0.05) is 0 Å². The van der Waals surface area contributed by atoms with Gasteiger partial charge in [-0.15, -0.1) is 0 Å². The summed E-state index contributed by atoms with van der Waals surface area (Å²) < 4.78 is 0.671. The molecule has 0 aliphatic heterocycles. The molecule has 0 spiro atoms. The van der Waals surface area contributed by atoms with E-state index in [0.29, 0.717) is 27.0 Å². The Morgan fingerprint density at radius 3 is 2.19 bits per heavy atom. The lowest BCUT2D eigenvalue weighted by atomic mass is 10.1. The Morgan fingerprint density at radius 2 is 1.62 bits per heavy atom. The molecular formula is C15H14BrN3O2. The number of halogens is 1. The van der Waals surface area contributed by atoms with Crippen LogP contribution in [0, 0.1) is 0 Å². The molecule has 5 nitrogen and oxygen atoms in total. The smallest absolute Gasteiger partial charge is 0.255 e. The van der Waals surface area contributed by atoms with Gasteiger partial charge in [0, 0.05) is 34.0 Å². The fourth-order valence-corrected chi connectivity index (χ4v) is 2.10. The van der Waals surface area contributed by atoms with Gasteiger partial charge in [0.05, 0.1) is 0 Å². The maximum Gasteiger partial charge on any atom is 0.255 e. The maximum atomic E-state index is 12.1. The Bertz CT molecular complexity index is 684. The van der Waals surface area contributed by atoms with Crippen molar-refractivity contribution in [1.82, 2.24) is 5.32 Å². The van der Waals surface area contributed by atoms with E-state index < -0.39 is 0 Å². The van der Waals surface area contributed by atoms with E-state index in [1.807, 2.05) is 0 Å². The molecule has 4 N–H and O–H groups in total. The summed E-state index contributed by atoms with van der Waals surface area (Å²) in [5.74, 6) is -0.418. The van der Waals surface area contributed by atoms with Crippen molar-refractivity contribution < 1.29 is 9.59 Å². The van der Waals surface area contributed by atoms with Gasteiger partial charge < -0.3 is 16.4 Å². The molecule has 2 aromatic carbocycles. The molecule has 0 saturated heterocycles. The van der Waals surface area contributed by atoms with Gasteiger partial charge in [0.15, 0.2) is 0 Å². The predicted molar refractivity (Wildman–Crippen MR) is 86.3 cm³/mol. The Kier molecular flexibility index (Phi) is 4.59. The molecule has 0 aromatic heterocycles. The molecule has 0 bridgehead atoms. The van der Waals surface area contributed by atoms with Crippen LogP contribution < -0.4 is 16.4 Å². The molecule has 0 radical (unpaired) electrons. The molecule has 0 aliphatic rings. The lowest BCUT2D eigenvalue weighted by molar-refractivity contribution is 0.0962. The number of nitrogens with two attached hydrogens (primary N) is 1. The highest BCUT2D eigenvalue weighted by Crippen LogP contribution is 2.21.